The van der Waals surface area contributed by atoms with Gasteiger partial charge in [0.05, 0.1) is 23.4 Å². The number of piperazine rings is 1. The molecule has 0 aliphatic carbocycles. The van der Waals surface area contributed by atoms with Gasteiger partial charge in [-0.25, -0.2) is 4.39 Å². The number of para-hydroxylation sites is 1. The summed E-state index contributed by atoms with van der Waals surface area (Å²) in [5.41, 5.74) is 2.47. The Kier molecular flexibility index (Phi) is 6.92. The van der Waals surface area contributed by atoms with Crippen LogP contribution >= 0.6 is 0 Å². The Labute approximate surface area is 208 Å². The summed E-state index contributed by atoms with van der Waals surface area (Å²) in [6.45, 7) is 4.00. The van der Waals surface area contributed by atoms with Crippen molar-refractivity contribution < 1.29 is 13.9 Å². The minimum atomic E-state index is -0.267. The van der Waals surface area contributed by atoms with Gasteiger partial charge in [0.2, 0.25) is 0 Å². The van der Waals surface area contributed by atoms with Gasteiger partial charge in [0.1, 0.15) is 11.5 Å². The third-order valence-corrected chi connectivity index (χ3v) is 6.46. The molecule has 8 nitrogen and oxygen atoms in total. The molecule has 0 saturated carbocycles. The molecule has 1 saturated heterocycles. The van der Waals surface area contributed by atoms with Crippen molar-refractivity contribution >= 4 is 5.91 Å². The monoisotopic (exact) mass is 489 g/mol. The zero-order chi connectivity index (χ0) is 25.1. The Morgan fingerprint density at radius 1 is 1.03 bits per heavy atom. The predicted octanol–water partition coefficient (Wildman–Crippen LogP) is 2.88. The van der Waals surface area contributed by atoms with Crippen molar-refractivity contribution in [3.05, 3.63) is 94.3 Å². The number of amides is 1. The maximum atomic E-state index is 13.7. The number of methoxy groups -OCH3 is 1. The van der Waals surface area contributed by atoms with E-state index in [1.54, 1.807) is 36.5 Å². The molecule has 0 radical (unpaired) electrons. The molecule has 2 aromatic rings. The molecule has 5 rings (SSSR count). The number of aromatic nitrogens is 3. The van der Waals surface area contributed by atoms with Gasteiger partial charge in [-0.2, -0.15) is 9.78 Å². The summed E-state index contributed by atoms with van der Waals surface area (Å²) in [5, 5.41) is 4.56. The summed E-state index contributed by atoms with van der Waals surface area (Å²) in [5.74, 6) is -0.404. The van der Waals surface area contributed by atoms with Gasteiger partial charge in [0.15, 0.2) is 0 Å². The van der Waals surface area contributed by atoms with E-state index in [0.29, 0.717) is 68.4 Å². The van der Waals surface area contributed by atoms with Gasteiger partial charge in [-0.3, -0.25) is 14.5 Å². The molecule has 3 heterocycles. The third kappa shape index (κ3) is 4.93. The molecule has 186 valence electrons. The number of halogens is 1. The molecule has 36 heavy (non-hydrogen) atoms. The van der Waals surface area contributed by atoms with Gasteiger partial charge < -0.3 is 14.2 Å². The SMILES string of the molecule is COCCn1cc(C(=O)N2CCN(Cc3cccc(F)c3)CC2)c2nn(-c3ccccc3)c(=O)c-2c1. The Morgan fingerprint density at radius 3 is 2.53 bits per heavy atom. The van der Waals surface area contributed by atoms with Crippen LogP contribution in [-0.2, 0) is 17.8 Å². The molecule has 0 bridgehead atoms. The number of benzene rings is 2. The molecule has 9 heteroatoms. The molecular weight excluding hydrogens is 461 g/mol. The van der Waals surface area contributed by atoms with E-state index in [0.717, 1.165) is 5.56 Å². The maximum absolute atomic E-state index is 13.7. The fourth-order valence-electron chi connectivity index (χ4n) is 4.56. The fourth-order valence-corrected chi connectivity index (χ4v) is 4.56. The molecule has 1 amide bonds. The molecule has 0 spiro atoms. The number of carbonyl (C=O) groups is 1. The van der Waals surface area contributed by atoms with Crippen molar-refractivity contribution in [2.75, 3.05) is 39.9 Å². The lowest BCUT2D eigenvalue weighted by atomic mass is 10.1. The number of pyridine rings is 1. The zero-order valence-electron chi connectivity index (χ0n) is 20.1. The van der Waals surface area contributed by atoms with E-state index in [9.17, 15) is 14.0 Å². The first-order chi connectivity index (χ1) is 17.5. The number of fused-ring (bicyclic) bond motifs is 1. The summed E-state index contributed by atoms with van der Waals surface area (Å²) < 4.78 is 21.9. The van der Waals surface area contributed by atoms with E-state index in [2.05, 4.69) is 10.00 Å². The first kappa shape index (κ1) is 23.9. The van der Waals surface area contributed by atoms with Gasteiger partial charge in [0.25, 0.3) is 11.5 Å². The number of hydrogen-bond acceptors (Lipinski definition) is 5. The number of rotatable bonds is 7. The normalized spacial score (nSPS) is 14.4. The molecule has 2 aromatic carbocycles. The average molecular weight is 490 g/mol. The summed E-state index contributed by atoms with van der Waals surface area (Å²) in [6, 6.07) is 15.8. The fraction of sp³-hybridized carbons (Fsp3) is 0.296. The van der Waals surface area contributed by atoms with Crippen molar-refractivity contribution in [2.45, 2.75) is 13.1 Å². The van der Waals surface area contributed by atoms with Crippen LogP contribution in [-0.4, -0.2) is 70.0 Å². The van der Waals surface area contributed by atoms with E-state index < -0.39 is 0 Å². The van der Waals surface area contributed by atoms with E-state index in [1.807, 2.05) is 41.0 Å². The Morgan fingerprint density at radius 2 is 1.81 bits per heavy atom. The van der Waals surface area contributed by atoms with Gasteiger partial charge in [0, 0.05) is 58.8 Å². The highest BCUT2D eigenvalue weighted by atomic mass is 19.1. The third-order valence-electron chi connectivity index (χ3n) is 6.46. The topological polar surface area (TPSA) is 72.6 Å². The minimum absolute atomic E-state index is 0.158. The Bertz CT molecular complexity index is 1380. The van der Waals surface area contributed by atoms with Crippen LogP contribution in [0, 0.1) is 5.82 Å². The number of carbonyl (C=O) groups excluding carboxylic acids is 1. The Hall–Kier alpha value is -3.82. The smallest absolute Gasteiger partial charge is 0.282 e. The van der Waals surface area contributed by atoms with Crippen LogP contribution in [0.25, 0.3) is 16.9 Å². The van der Waals surface area contributed by atoms with Crippen molar-refractivity contribution in [1.29, 1.82) is 0 Å². The lowest BCUT2D eigenvalue weighted by Gasteiger charge is -2.35. The number of hydrogen-bond donors (Lipinski definition) is 0. The largest absolute Gasteiger partial charge is 0.383 e. The molecule has 0 unspecified atom stereocenters. The van der Waals surface area contributed by atoms with Crippen molar-refractivity contribution in [2.24, 2.45) is 0 Å². The highest BCUT2D eigenvalue weighted by molar-refractivity contribution is 6.00. The van der Waals surface area contributed by atoms with Crippen LogP contribution in [0.2, 0.25) is 0 Å². The predicted molar refractivity (Wildman–Crippen MR) is 134 cm³/mol. The van der Waals surface area contributed by atoms with Crippen LogP contribution in [0.1, 0.15) is 15.9 Å². The van der Waals surface area contributed by atoms with Crippen LogP contribution < -0.4 is 5.56 Å². The second kappa shape index (κ2) is 10.4. The highest BCUT2D eigenvalue weighted by Crippen LogP contribution is 2.24. The molecule has 1 fully saturated rings. The van der Waals surface area contributed by atoms with Crippen LogP contribution in [0.15, 0.2) is 71.8 Å². The van der Waals surface area contributed by atoms with Crippen molar-refractivity contribution in [1.82, 2.24) is 24.1 Å². The number of nitrogens with zero attached hydrogens (tertiary/aromatic N) is 5. The molecular formula is C27H28FN5O3. The molecule has 0 atom stereocenters. The van der Waals surface area contributed by atoms with Crippen molar-refractivity contribution in [3.63, 3.8) is 0 Å². The van der Waals surface area contributed by atoms with Crippen LogP contribution in [0.4, 0.5) is 4.39 Å². The molecule has 3 aliphatic rings. The molecule has 0 aromatic heterocycles. The summed E-state index contributed by atoms with van der Waals surface area (Å²) in [6.07, 6.45) is 3.49. The second-order valence-electron chi connectivity index (χ2n) is 8.92. The summed E-state index contributed by atoms with van der Waals surface area (Å²) >= 11 is 0. The average Bonchev–Trinajstić information content (AvgIpc) is 3.24. The van der Waals surface area contributed by atoms with Gasteiger partial charge in [-0.1, -0.05) is 30.3 Å². The first-order valence-electron chi connectivity index (χ1n) is 12.0. The van der Waals surface area contributed by atoms with Gasteiger partial charge in [-0.15, -0.1) is 0 Å². The molecule has 0 N–H and O–H groups in total. The lowest BCUT2D eigenvalue weighted by molar-refractivity contribution is 0.0627. The Balaban J connectivity index is 1.41. The lowest BCUT2D eigenvalue weighted by Crippen LogP contribution is -2.48. The van der Waals surface area contributed by atoms with Crippen LogP contribution in [0.5, 0.6) is 0 Å². The quantitative estimate of drug-likeness (QED) is 0.399. The second-order valence-corrected chi connectivity index (χ2v) is 8.92. The highest BCUT2D eigenvalue weighted by Gasteiger charge is 2.29. The maximum Gasteiger partial charge on any atom is 0.282 e. The number of ether oxygens (including phenoxy) is 1. The first-order valence-corrected chi connectivity index (χ1v) is 12.0. The van der Waals surface area contributed by atoms with Gasteiger partial charge >= 0.3 is 0 Å². The van der Waals surface area contributed by atoms with E-state index in [1.165, 1.54) is 10.7 Å². The summed E-state index contributed by atoms with van der Waals surface area (Å²) in [7, 11) is 1.61. The van der Waals surface area contributed by atoms with Crippen molar-refractivity contribution in [3.8, 4) is 16.9 Å². The van der Waals surface area contributed by atoms with E-state index >= 15 is 0 Å². The van der Waals surface area contributed by atoms with Crippen LogP contribution in [0.3, 0.4) is 0 Å². The standard InChI is InChI=1S/C27H28FN5O3/c1-36-15-14-31-18-23(25-24(19-31)27(35)33(29-25)22-8-3-2-4-9-22)26(34)32-12-10-30(11-13-32)17-20-6-5-7-21(28)16-20/h2-9,16,18-19H,10-15,17H2,1H3. The molecule has 3 aliphatic heterocycles. The van der Waals surface area contributed by atoms with Gasteiger partial charge in [-0.05, 0) is 29.8 Å². The van der Waals surface area contributed by atoms with E-state index in [4.69, 9.17) is 4.74 Å². The van der Waals surface area contributed by atoms with E-state index in [-0.39, 0.29) is 17.3 Å². The minimum Gasteiger partial charge on any atom is -0.383 e. The zero-order valence-corrected chi connectivity index (χ0v) is 20.1. The summed E-state index contributed by atoms with van der Waals surface area (Å²) in [4.78, 5) is 30.9.